The van der Waals surface area contributed by atoms with Crippen LogP contribution in [-0.4, -0.2) is 32.1 Å². The van der Waals surface area contributed by atoms with Crippen LogP contribution in [0.1, 0.15) is 37.7 Å². The minimum absolute atomic E-state index is 0.0114. The summed E-state index contributed by atoms with van der Waals surface area (Å²) in [4.78, 5) is 25.4. The maximum absolute atomic E-state index is 13.9. The average molecular weight is 359 g/mol. The number of esters is 1. The minimum atomic E-state index is -0.621. The van der Waals surface area contributed by atoms with Gasteiger partial charge in [0.1, 0.15) is 12.4 Å². The second-order valence-corrected chi connectivity index (χ2v) is 6.45. The van der Waals surface area contributed by atoms with Crippen LogP contribution in [0.2, 0.25) is 0 Å². The molecule has 1 heterocycles. The molecule has 26 heavy (non-hydrogen) atoms. The number of ether oxygens (including phenoxy) is 2. The fourth-order valence-corrected chi connectivity index (χ4v) is 3.57. The predicted molar refractivity (Wildman–Crippen MR) is 93.7 cm³/mol. The molecule has 1 aromatic carbocycles. The summed E-state index contributed by atoms with van der Waals surface area (Å²) in [5.74, 6) is -1.56. The molecular weight excluding hydrogens is 337 g/mol. The molecular formula is C20H22FNO4. The highest BCUT2D eigenvalue weighted by molar-refractivity contribution is 6.03. The average Bonchev–Trinajstić information content (AvgIpc) is 2.61. The van der Waals surface area contributed by atoms with Crippen LogP contribution in [-0.2, 0) is 19.1 Å². The standard InChI is InChI=1S/C20H22FNO4/c1-12-17(20(24)26-10-9-25-2)18(13-5-3-6-14(21)11-13)19-15(22-12)7-4-8-16(19)23/h3,5-6,11,18,22H,4,7-10H2,1-2H3/t18-/m1/s1. The Hall–Kier alpha value is -2.47. The molecule has 1 aliphatic heterocycles. The lowest BCUT2D eigenvalue weighted by molar-refractivity contribution is -0.140. The molecule has 5 nitrogen and oxygen atoms in total. The van der Waals surface area contributed by atoms with Crippen molar-refractivity contribution in [3.63, 3.8) is 0 Å². The molecule has 1 atom stereocenters. The molecule has 6 heteroatoms. The molecule has 2 aliphatic rings. The Balaban J connectivity index is 2.06. The normalized spacial score (nSPS) is 20.0. The lowest BCUT2D eigenvalue weighted by Gasteiger charge is -2.34. The highest BCUT2D eigenvalue weighted by Gasteiger charge is 2.39. The smallest absolute Gasteiger partial charge is 0.336 e. The number of ketones is 1. The van der Waals surface area contributed by atoms with Crippen LogP contribution in [0, 0.1) is 5.82 Å². The largest absolute Gasteiger partial charge is 0.460 e. The summed E-state index contributed by atoms with van der Waals surface area (Å²) in [7, 11) is 1.52. The number of dihydropyridines is 1. The molecule has 0 fully saturated rings. The first-order chi connectivity index (χ1) is 12.5. The van der Waals surface area contributed by atoms with Gasteiger partial charge in [0.25, 0.3) is 0 Å². The summed E-state index contributed by atoms with van der Waals surface area (Å²) in [5, 5.41) is 3.20. The zero-order chi connectivity index (χ0) is 18.7. The number of halogens is 1. The summed E-state index contributed by atoms with van der Waals surface area (Å²) >= 11 is 0. The van der Waals surface area contributed by atoms with Gasteiger partial charge in [0.15, 0.2) is 5.78 Å². The molecule has 0 aromatic heterocycles. The summed E-state index contributed by atoms with van der Waals surface area (Å²) in [5.41, 5.74) is 2.93. The Bertz CT molecular complexity index is 797. The van der Waals surface area contributed by atoms with Crippen molar-refractivity contribution in [3.05, 3.63) is 58.2 Å². The first-order valence-electron chi connectivity index (χ1n) is 8.68. The third-order valence-electron chi connectivity index (χ3n) is 4.70. The van der Waals surface area contributed by atoms with E-state index in [0.29, 0.717) is 28.8 Å². The van der Waals surface area contributed by atoms with E-state index in [4.69, 9.17) is 9.47 Å². The number of allylic oxidation sites excluding steroid dienone is 3. The number of nitrogens with one attached hydrogen (secondary N) is 1. The molecule has 0 radical (unpaired) electrons. The maximum Gasteiger partial charge on any atom is 0.336 e. The van der Waals surface area contributed by atoms with Gasteiger partial charge in [0.05, 0.1) is 12.2 Å². The molecule has 138 valence electrons. The monoisotopic (exact) mass is 359 g/mol. The molecule has 1 aliphatic carbocycles. The van der Waals surface area contributed by atoms with Crippen LogP contribution >= 0.6 is 0 Å². The first kappa shape index (κ1) is 18.3. The Morgan fingerprint density at radius 3 is 2.85 bits per heavy atom. The number of methoxy groups -OCH3 is 1. The maximum atomic E-state index is 13.9. The van der Waals surface area contributed by atoms with Crippen molar-refractivity contribution in [2.24, 2.45) is 0 Å². The minimum Gasteiger partial charge on any atom is -0.460 e. The van der Waals surface area contributed by atoms with Crippen molar-refractivity contribution in [2.45, 2.75) is 32.1 Å². The zero-order valence-corrected chi connectivity index (χ0v) is 14.9. The van der Waals surface area contributed by atoms with E-state index in [2.05, 4.69) is 5.32 Å². The van der Waals surface area contributed by atoms with Gasteiger partial charge in [-0.15, -0.1) is 0 Å². The lowest BCUT2D eigenvalue weighted by Crippen LogP contribution is -2.34. The van der Waals surface area contributed by atoms with Gasteiger partial charge in [0.2, 0.25) is 0 Å². The Morgan fingerprint density at radius 2 is 2.12 bits per heavy atom. The quantitative estimate of drug-likeness (QED) is 0.647. The second-order valence-electron chi connectivity index (χ2n) is 6.45. The van der Waals surface area contributed by atoms with E-state index in [0.717, 1.165) is 18.5 Å². The molecule has 3 rings (SSSR count). The van der Waals surface area contributed by atoms with Crippen molar-refractivity contribution in [3.8, 4) is 0 Å². The number of rotatable bonds is 5. The molecule has 1 N–H and O–H groups in total. The molecule has 0 bridgehead atoms. The molecule has 0 amide bonds. The highest BCUT2D eigenvalue weighted by Crippen LogP contribution is 2.42. The van der Waals surface area contributed by atoms with Crippen LogP contribution in [0.4, 0.5) is 4.39 Å². The highest BCUT2D eigenvalue weighted by atomic mass is 19.1. The van der Waals surface area contributed by atoms with Gasteiger partial charge < -0.3 is 14.8 Å². The van der Waals surface area contributed by atoms with Crippen LogP contribution < -0.4 is 5.32 Å². The second kappa shape index (κ2) is 7.83. The fraction of sp³-hybridized carbons (Fsp3) is 0.400. The van der Waals surface area contributed by atoms with Gasteiger partial charge in [-0.25, -0.2) is 9.18 Å². The SMILES string of the molecule is COCCOC(=O)C1=C(C)NC2=C(C(=O)CCC2)[C@@H]1c1cccc(F)c1. The molecule has 0 spiro atoms. The van der Waals surface area contributed by atoms with Crippen molar-refractivity contribution >= 4 is 11.8 Å². The number of hydrogen-bond acceptors (Lipinski definition) is 5. The number of carbonyl (C=O) groups excluding carboxylic acids is 2. The summed E-state index contributed by atoms with van der Waals surface area (Å²) in [6.07, 6.45) is 1.93. The number of carbonyl (C=O) groups is 2. The van der Waals surface area contributed by atoms with Crippen molar-refractivity contribution < 1.29 is 23.5 Å². The van der Waals surface area contributed by atoms with Gasteiger partial charge in [-0.1, -0.05) is 12.1 Å². The Morgan fingerprint density at radius 1 is 1.31 bits per heavy atom. The topological polar surface area (TPSA) is 64.6 Å². The van der Waals surface area contributed by atoms with Gasteiger partial charge in [-0.05, 0) is 37.5 Å². The van der Waals surface area contributed by atoms with E-state index >= 15 is 0 Å². The predicted octanol–water partition coefficient (Wildman–Crippen LogP) is 2.98. The van der Waals surface area contributed by atoms with Crippen molar-refractivity contribution in [1.29, 1.82) is 0 Å². The van der Waals surface area contributed by atoms with Gasteiger partial charge in [-0.2, -0.15) is 0 Å². The van der Waals surface area contributed by atoms with E-state index in [1.54, 1.807) is 19.1 Å². The van der Waals surface area contributed by atoms with Gasteiger partial charge >= 0.3 is 5.97 Å². The lowest BCUT2D eigenvalue weighted by atomic mass is 9.75. The van der Waals surface area contributed by atoms with Crippen LogP contribution in [0.3, 0.4) is 0 Å². The van der Waals surface area contributed by atoms with Crippen LogP contribution in [0.15, 0.2) is 46.8 Å². The van der Waals surface area contributed by atoms with Crippen molar-refractivity contribution in [2.75, 3.05) is 20.3 Å². The molecule has 1 aromatic rings. The number of benzene rings is 1. The van der Waals surface area contributed by atoms with E-state index in [9.17, 15) is 14.0 Å². The molecule has 0 saturated carbocycles. The summed E-state index contributed by atoms with van der Waals surface area (Å²) < 4.78 is 24.1. The third-order valence-corrected chi connectivity index (χ3v) is 4.70. The Labute approximate surface area is 151 Å². The van der Waals surface area contributed by atoms with Gasteiger partial charge in [0, 0.05) is 36.4 Å². The molecule has 0 unspecified atom stereocenters. The number of Topliss-reactive ketones (excluding diaryl/α,β-unsaturated/α-hetero) is 1. The summed E-state index contributed by atoms with van der Waals surface area (Å²) in [6, 6.07) is 6.04. The van der Waals surface area contributed by atoms with Crippen LogP contribution in [0.5, 0.6) is 0 Å². The van der Waals surface area contributed by atoms with E-state index in [-0.39, 0.29) is 19.0 Å². The van der Waals surface area contributed by atoms with E-state index in [1.165, 1.54) is 19.2 Å². The summed E-state index contributed by atoms with van der Waals surface area (Å²) in [6.45, 7) is 2.17. The number of hydrogen-bond donors (Lipinski definition) is 1. The van der Waals surface area contributed by atoms with E-state index < -0.39 is 17.7 Å². The zero-order valence-electron chi connectivity index (χ0n) is 14.9. The van der Waals surface area contributed by atoms with Crippen LogP contribution in [0.25, 0.3) is 0 Å². The Kier molecular flexibility index (Phi) is 5.52. The third kappa shape index (κ3) is 3.55. The van der Waals surface area contributed by atoms with Gasteiger partial charge in [-0.3, -0.25) is 4.79 Å². The molecule has 0 saturated heterocycles. The van der Waals surface area contributed by atoms with Crippen molar-refractivity contribution in [1.82, 2.24) is 5.32 Å². The van der Waals surface area contributed by atoms with E-state index in [1.807, 2.05) is 0 Å². The first-order valence-corrected chi connectivity index (χ1v) is 8.68. The fourth-order valence-electron chi connectivity index (χ4n) is 3.57.